The number of rotatable bonds is 15. The van der Waals surface area contributed by atoms with Gasteiger partial charge in [-0.3, -0.25) is 4.79 Å². The molecule has 0 heterocycles. The molecule has 0 amide bonds. The summed E-state index contributed by atoms with van der Waals surface area (Å²) in [4.78, 5) is 11.8. The molecule has 0 saturated heterocycles. The van der Waals surface area contributed by atoms with Crippen LogP contribution in [0.5, 0.6) is 0 Å². The highest BCUT2D eigenvalue weighted by Gasteiger charge is 2.30. The molecule has 0 spiro atoms. The second-order valence-corrected chi connectivity index (χ2v) is 8.84. The highest BCUT2D eigenvalue weighted by molar-refractivity contribution is 5.69. The van der Waals surface area contributed by atoms with Gasteiger partial charge in [-0.15, -0.1) is 0 Å². The van der Waals surface area contributed by atoms with Crippen LogP contribution in [0, 0.1) is 11.8 Å². The van der Waals surface area contributed by atoms with Crippen LogP contribution in [0.4, 0.5) is 0 Å². The lowest BCUT2D eigenvalue weighted by Crippen LogP contribution is -2.38. The van der Waals surface area contributed by atoms with Crippen molar-refractivity contribution in [3.05, 3.63) is 71.8 Å². The molecule has 0 saturated carbocycles. The number of carbonyl (C=O) groups excluding carboxylic acids is 1. The van der Waals surface area contributed by atoms with Crippen molar-refractivity contribution >= 4 is 5.97 Å². The quantitative estimate of drug-likeness (QED) is 0.294. The fraction of sp³-hybridized carbons (Fsp3) is 0.536. The molecular weight excluding hydrogens is 400 g/mol. The minimum absolute atomic E-state index is 0.0504. The summed E-state index contributed by atoms with van der Waals surface area (Å²) in [6, 6.07) is 20.5. The third-order valence-corrected chi connectivity index (χ3v) is 5.91. The Morgan fingerprint density at radius 1 is 0.875 bits per heavy atom. The monoisotopic (exact) mass is 440 g/mol. The average Bonchev–Trinajstić information content (AvgIpc) is 2.82. The highest BCUT2D eigenvalue weighted by Crippen LogP contribution is 2.27. The number of hydrogen-bond donors (Lipinski definition) is 0. The van der Waals surface area contributed by atoms with Gasteiger partial charge in [0.25, 0.3) is 0 Å². The zero-order chi connectivity index (χ0) is 23.2. The molecule has 4 nitrogen and oxygen atoms in total. The second kappa shape index (κ2) is 14.8. The number of methoxy groups -OCH3 is 1. The van der Waals surface area contributed by atoms with E-state index < -0.39 is 0 Å². The summed E-state index contributed by atoms with van der Waals surface area (Å²) in [5.41, 5.74) is 2.30. The molecule has 2 aromatic carbocycles. The number of benzene rings is 2. The third kappa shape index (κ3) is 9.54. The van der Waals surface area contributed by atoms with E-state index in [9.17, 15) is 4.79 Å². The summed E-state index contributed by atoms with van der Waals surface area (Å²) >= 11 is 0. The van der Waals surface area contributed by atoms with E-state index in [1.807, 2.05) is 36.4 Å². The fourth-order valence-corrected chi connectivity index (χ4v) is 4.02. The fourth-order valence-electron chi connectivity index (χ4n) is 4.02. The Morgan fingerprint density at radius 2 is 1.44 bits per heavy atom. The predicted octanol–water partition coefficient (Wildman–Crippen LogP) is 6.57. The molecule has 0 N–H and O–H groups in total. The molecule has 32 heavy (non-hydrogen) atoms. The Morgan fingerprint density at radius 3 is 1.97 bits per heavy atom. The zero-order valence-electron chi connectivity index (χ0n) is 20.2. The van der Waals surface area contributed by atoms with E-state index in [1.54, 1.807) is 0 Å². The van der Waals surface area contributed by atoms with Crippen LogP contribution in [-0.4, -0.2) is 25.3 Å². The first kappa shape index (κ1) is 26.1. The standard InChI is InChI=1S/C28H40O4/c1-5-6-13-23(3)28(32-21-25-16-11-8-12-17-25)26(18-22(2)19-27(29)30-4)31-20-24-14-9-7-10-15-24/h7-12,14-17,22-23,26,28H,5-6,13,18-21H2,1-4H3/t22-,23-,26+,28-/m1/s1. The van der Waals surface area contributed by atoms with E-state index in [0.29, 0.717) is 25.6 Å². The summed E-state index contributed by atoms with van der Waals surface area (Å²) in [5.74, 6) is 0.314. The number of carbonyl (C=O) groups is 1. The van der Waals surface area contributed by atoms with Gasteiger partial charge in [0.1, 0.15) is 0 Å². The van der Waals surface area contributed by atoms with E-state index in [-0.39, 0.29) is 24.1 Å². The first-order valence-corrected chi connectivity index (χ1v) is 11.9. The van der Waals surface area contributed by atoms with Gasteiger partial charge in [0.05, 0.1) is 32.5 Å². The molecule has 4 atom stereocenters. The van der Waals surface area contributed by atoms with Crippen LogP contribution in [-0.2, 0) is 32.2 Å². The summed E-state index contributed by atoms with van der Waals surface area (Å²) in [6.07, 6.45) is 4.39. The van der Waals surface area contributed by atoms with E-state index >= 15 is 0 Å². The van der Waals surface area contributed by atoms with Crippen LogP contribution >= 0.6 is 0 Å². The van der Waals surface area contributed by atoms with Gasteiger partial charge in [0.15, 0.2) is 0 Å². The molecule has 0 aliphatic carbocycles. The van der Waals surface area contributed by atoms with Crippen LogP contribution in [0.1, 0.15) is 64.0 Å². The van der Waals surface area contributed by atoms with Crippen molar-refractivity contribution in [1.29, 1.82) is 0 Å². The smallest absolute Gasteiger partial charge is 0.305 e. The Labute approximate surface area is 194 Å². The van der Waals surface area contributed by atoms with Gasteiger partial charge in [0.2, 0.25) is 0 Å². The zero-order valence-corrected chi connectivity index (χ0v) is 20.2. The molecule has 0 aromatic heterocycles. The van der Waals surface area contributed by atoms with Crippen LogP contribution in [0.2, 0.25) is 0 Å². The maximum atomic E-state index is 11.8. The summed E-state index contributed by atoms with van der Waals surface area (Å²) in [7, 11) is 1.44. The molecule has 0 bridgehead atoms. The Bertz CT molecular complexity index is 747. The topological polar surface area (TPSA) is 44.8 Å². The first-order valence-electron chi connectivity index (χ1n) is 11.9. The van der Waals surface area contributed by atoms with Gasteiger partial charge < -0.3 is 14.2 Å². The van der Waals surface area contributed by atoms with Crippen molar-refractivity contribution in [3.8, 4) is 0 Å². The van der Waals surface area contributed by atoms with Crippen LogP contribution < -0.4 is 0 Å². The Hall–Kier alpha value is -2.17. The van der Waals surface area contributed by atoms with Gasteiger partial charge in [-0.25, -0.2) is 0 Å². The molecule has 2 aromatic rings. The number of ether oxygens (including phenoxy) is 3. The second-order valence-electron chi connectivity index (χ2n) is 8.84. The van der Waals surface area contributed by atoms with Gasteiger partial charge in [-0.2, -0.15) is 0 Å². The predicted molar refractivity (Wildman–Crippen MR) is 129 cm³/mol. The van der Waals surface area contributed by atoms with Crippen molar-refractivity contribution in [3.63, 3.8) is 0 Å². The molecule has 176 valence electrons. The molecule has 2 rings (SSSR count). The summed E-state index contributed by atoms with van der Waals surface area (Å²) in [5, 5.41) is 0. The van der Waals surface area contributed by atoms with Crippen LogP contribution in [0.3, 0.4) is 0 Å². The van der Waals surface area contributed by atoms with Crippen LogP contribution in [0.25, 0.3) is 0 Å². The Kier molecular flexibility index (Phi) is 12.1. The van der Waals surface area contributed by atoms with Crippen molar-refractivity contribution in [1.82, 2.24) is 0 Å². The molecule has 0 aliphatic rings. The molecular formula is C28H40O4. The molecule has 0 unspecified atom stereocenters. The Balaban J connectivity index is 2.17. The third-order valence-electron chi connectivity index (χ3n) is 5.91. The van der Waals surface area contributed by atoms with E-state index in [4.69, 9.17) is 14.2 Å². The van der Waals surface area contributed by atoms with Crippen LogP contribution in [0.15, 0.2) is 60.7 Å². The lowest BCUT2D eigenvalue weighted by Gasteiger charge is -2.33. The number of hydrogen-bond acceptors (Lipinski definition) is 4. The average molecular weight is 441 g/mol. The minimum Gasteiger partial charge on any atom is -0.469 e. The van der Waals surface area contributed by atoms with Gasteiger partial charge in [0, 0.05) is 6.42 Å². The molecule has 0 aliphatic heterocycles. The summed E-state index contributed by atoms with van der Waals surface area (Å²) in [6.45, 7) is 7.64. The van der Waals surface area contributed by atoms with Gasteiger partial charge >= 0.3 is 5.97 Å². The van der Waals surface area contributed by atoms with E-state index in [2.05, 4.69) is 45.0 Å². The molecule has 0 fully saturated rings. The normalized spacial score (nSPS) is 15.0. The lowest BCUT2D eigenvalue weighted by molar-refractivity contribution is -0.143. The van der Waals surface area contributed by atoms with Gasteiger partial charge in [-0.05, 0) is 35.8 Å². The van der Waals surface area contributed by atoms with E-state index in [1.165, 1.54) is 7.11 Å². The van der Waals surface area contributed by atoms with Crippen molar-refractivity contribution in [2.24, 2.45) is 11.8 Å². The SMILES string of the molecule is CCCC[C@@H](C)[C@@H](OCc1ccccc1)[C@H](C[C@@H](C)CC(=O)OC)OCc1ccccc1. The maximum Gasteiger partial charge on any atom is 0.305 e. The van der Waals surface area contributed by atoms with Crippen molar-refractivity contribution < 1.29 is 19.0 Å². The maximum absolute atomic E-state index is 11.8. The lowest BCUT2D eigenvalue weighted by atomic mass is 9.88. The van der Waals surface area contributed by atoms with E-state index in [0.717, 1.165) is 36.8 Å². The number of unbranched alkanes of at least 4 members (excludes halogenated alkanes) is 1. The number of esters is 1. The first-order chi connectivity index (χ1) is 15.5. The van der Waals surface area contributed by atoms with Crippen molar-refractivity contribution in [2.45, 2.75) is 78.3 Å². The molecule has 4 heteroatoms. The minimum atomic E-state index is -0.180. The largest absolute Gasteiger partial charge is 0.469 e. The molecule has 0 radical (unpaired) electrons. The highest BCUT2D eigenvalue weighted by atomic mass is 16.5. The van der Waals surface area contributed by atoms with Gasteiger partial charge in [-0.1, -0.05) is 94.3 Å². The van der Waals surface area contributed by atoms with Crippen molar-refractivity contribution in [2.75, 3.05) is 7.11 Å². The summed E-state index contributed by atoms with van der Waals surface area (Å²) < 4.78 is 17.9.